The van der Waals surface area contributed by atoms with Gasteiger partial charge in [0.2, 0.25) is 6.79 Å². The number of carbonyl (C=O) groups is 1. The lowest BCUT2D eigenvalue weighted by Crippen LogP contribution is -2.22. The molecule has 1 amide bonds. The van der Waals surface area contributed by atoms with Crippen LogP contribution in [0.25, 0.3) is 0 Å². The minimum atomic E-state index is -0.491. The first-order valence-electron chi connectivity index (χ1n) is 8.43. The number of benzene rings is 2. The van der Waals surface area contributed by atoms with Gasteiger partial charge in [-0.05, 0) is 48.0 Å². The van der Waals surface area contributed by atoms with Crippen molar-refractivity contribution < 1.29 is 18.7 Å². The largest absolute Gasteiger partial charge is 0.454 e. The molecular formula is C20H15ClFN3O3. The number of anilines is 2. The molecule has 0 atom stereocenters. The molecular weight excluding hydrogens is 385 g/mol. The lowest BCUT2D eigenvalue weighted by atomic mass is 10.2. The van der Waals surface area contributed by atoms with Crippen LogP contribution in [-0.4, -0.2) is 17.7 Å². The number of pyridine rings is 1. The third-order valence-electron chi connectivity index (χ3n) is 4.11. The van der Waals surface area contributed by atoms with Crippen molar-refractivity contribution in [3.63, 3.8) is 0 Å². The van der Waals surface area contributed by atoms with Gasteiger partial charge in [0.1, 0.15) is 11.6 Å². The molecule has 0 saturated carbocycles. The van der Waals surface area contributed by atoms with E-state index in [1.807, 2.05) is 18.2 Å². The number of fused-ring (bicyclic) bond motifs is 1. The number of rotatable bonds is 5. The van der Waals surface area contributed by atoms with Crippen LogP contribution < -0.4 is 20.1 Å². The van der Waals surface area contributed by atoms with Crippen molar-refractivity contribution in [1.29, 1.82) is 0 Å². The Morgan fingerprint density at radius 1 is 1.11 bits per heavy atom. The predicted octanol–water partition coefficient (Wildman–Crippen LogP) is 4.28. The fourth-order valence-corrected chi connectivity index (χ4v) is 2.84. The second-order valence-corrected chi connectivity index (χ2v) is 6.46. The van der Waals surface area contributed by atoms with E-state index in [-0.39, 0.29) is 17.7 Å². The summed E-state index contributed by atoms with van der Waals surface area (Å²) in [5.41, 5.74) is 1.92. The number of nitrogens with zero attached hydrogens (tertiary/aromatic N) is 1. The Hall–Kier alpha value is -3.32. The van der Waals surface area contributed by atoms with Crippen LogP contribution in [0.2, 0.25) is 5.02 Å². The first kappa shape index (κ1) is 18.1. The number of hydrogen-bond donors (Lipinski definition) is 2. The first-order chi connectivity index (χ1) is 13.6. The van der Waals surface area contributed by atoms with Gasteiger partial charge >= 0.3 is 0 Å². The van der Waals surface area contributed by atoms with E-state index >= 15 is 0 Å². The van der Waals surface area contributed by atoms with Crippen molar-refractivity contribution >= 4 is 29.0 Å². The average Bonchev–Trinajstić information content (AvgIpc) is 3.17. The zero-order chi connectivity index (χ0) is 19.5. The molecule has 0 radical (unpaired) electrons. The van der Waals surface area contributed by atoms with Gasteiger partial charge in [-0.25, -0.2) is 9.37 Å². The van der Waals surface area contributed by atoms with Crippen LogP contribution in [-0.2, 0) is 6.54 Å². The SMILES string of the molecule is O=C(NCc1ccc2c(c1)OCO2)c1ccc(Nc2ccc(F)c(Cl)c2)nc1. The maximum absolute atomic E-state index is 13.2. The van der Waals surface area contributed by atoms with E-state index < -0.39 is 5.82 Å². The summed E-state index contributed by atoms with van der Waals surface area (Å²) >= 11 is 5.76. The summed E-state index contributed by atoms with van der Waals surface area (Å²) in [4.78, 5) is 16.5. The van der Waals surface area contributed by atoms with Crippen molar-refractivity contribution in [2.45, 2.75) is 6.54 Å². The number of ether oxygens (including phenoxy) is 2. The van der Waals surface area contributed by atoms with Crippen LogP contribution in [0.1, 0.15) is 15.9 Å². The Bertz CT molecular complexity index is 1030. The first-order valence-corrected chi connectivity index (χ1v) is 8.81. The van der Waals surface area contributed by atoms with Crippen molar-refractivity contribution in [2.75, 3.05) is 12.1 Å². The topological polar surface area (TPSA) is 72.5 Å². The molecule has 2 aromatic carbocycles. The molecule has 0 fully saturated rings. The summed E-state index contributed by atoms with van der Waals surface area (Å²) in [6, 6.07) is 13.1. The minimum Gasteiger partial charge on any atom is -0.454 e. The molecule has 28 heavy (non-hydrogen) atoms. The summed E-state index contributed by atoms with van der Waals surface area (Å²) in [5, 5.41) is 5.85. The van der Waals surface area contributed by atoms with Gasteiger partial charge < -0.3 is 20.1 Å². The Morgan fingerprint density at radius 2 is 1.96 bits per heavy atom. The third kappa shape index (κ3) is 3.99. The summed E-state index contributed by atoms with van der Waals surface area (Å²) in [6.45, 7) is 0.560. The molecule has 6 nitrogen and oxygen atoms in total. The molecule has 1 aromatic heterocycles. The standard InChI is InChI=1S/C20H15ClFN3O3/c21-15-8-14(3-4-16(15)22)25-19-6-2-13(10-23-19)20(26)24-9-12-1-5-17-18(7-12)28-11-27-17/h1-8,10H,9,11H2,(H,23,25)(H,24,26). The fourth-order valence-electron chi connectivity index (χ4n) is 2.66. The van der Waals surface area contributed by atoms with E-state index in [2.05, 4.69) is 15.6 Å². The van der Waals surface area contributed by atoms with Gasteiger partial charge in [-0.2, -0.15) is 0 Å². The number of aromatic nitrogens is 1. The zero-order valence-corrected chi connectivity index (χ0v) is 15.3. The quantitative estimate of drug-likeness (QED) is 0.670. The Labute approximate surface area is 165 Å². The molecule has 2 N–H and O–H groups in total. The van der Waals surface area contributed by atoms with Gasteiger partial charge in [-0.15, -0.1) is 0 Å². The lowest BCUT2D eigenvalue weighted by Gasteiger charge is -2.08. The van der Waals surface area contributed by atoms with Crippen LogP contribution >= 0.6 is 11.6 Å². The van der Waals surface area contributed by atoms with Crippen LogP contribution in [0.5, 0.6) is 11.5 Å². The summed E-state index contributed by atoms with van der Waals surface area (Å²) in [5.74, 6) is 1.14. The average molecular weight is 400 g/mol. The molecule has 1 aliphatic rings. The van der Waals surface area contributed by atoms with E-state index in [9.17, 15) is 9.18 Å². The van der Waals surface area contributed by atoms with Gasteiger partial charge in [0.15, 0.2) is 11.5 Å². The number of halogens is 2. The van der Waals surface area contributed by atoms with Crippen LogP contribution in [0.3, 0.4) is 0 Å². The predicted molar refractivity (Wildman–Crippen MR) is 103 cm³/mol. The van der Waals surface area contributed by atoms with Gasteiger partial charge in [0.25, 0.3) is 5.91 Å². The number of amides is 1. The van der Waals surface area contributed by atoms with E-state index in [0.29, 0.717) is 35.1 Å². The van der Waals surface area contributed by atoms with Gasteiger partial charge in [0, 0.05) is 18.4 Å². The zero-order valence-electron chi connectivity index (χ0n) is 14.5. The molecule has 4 rings (SSSR count). The van der Waals surface area contributed by atoms with Crippen molar-refractivity contribution in [1.82, 2.24) is 10.3 Å². The van der Waals surface area contributed by atoms with Gasteiger partial charge in [-0.1, -0.05) is 17.7 Å². The molecule has 0 aliphatic carbocycles. The monoisotopic (exact) mass is 399 g/mol. The minimum absolute atomic E-state index is 0.0181. The highest BCUT2D eigenvalue weighted by Crippen LogP contribution is 2.32. The normalized spacial score (nSPS) is 11.9. The van der Waals surface area contributed by atoms with Crippen LogP contribution in [0.15, 0.2) is 54.7 Å². The lowest BCUT2D eigenvalue weighted by molar-refractivity contribution is 0.0950. The molecule has 1 aliphatic heterocycles. The second-order valence-electron chi connectivity index (χ2n) is 6.06. The number of nitrogens with one attached hydrogen (secondary N) is 2. The highest BCUT2D eigenvalue weighted by atomic mass is 35.5. The number of hydrogen-bond acceptors (Lipinski definition) is 5. The smallest absolute Gasteiger partial charge is 0.253 e. The maximum atomic E-state index is 13.2. The number of carbonyl (C=O) groups excluding carboxylic acids is 1. The molecule has 142 valence electrons. The van der Waals surface area contributed by atoms with Crippen molar-refractivity contribution in [3.8, 4) is 11.5 Å². The Balaban J connectivity index is 1.36. The molecule has 8 heteroatoms. The third-order valence-corrected chi connectivity index (χ3v) is 4.40. The Kier molecular flexibility index (Phi) is 4.99. The highest BCUT2D eigenvalue weighted by molar-refractivity contribution is 6.31. The van der Waals surface area contributed by atoms with Crippen LogP contribution in [0.4, 0.5) is 15.9 Å². The van der Waals surface area contributed by atoms with Crippen LogP contribution in [0, 0.1) is 5.82 Å². The molecule has 2 heterocycles. The van der Waals surface area contributed by atoms with E-state index in [0.717, 1.165) is 5.56 Å². The van der Waals surface area contributed by atoms with Gasteiger partial charge in [-0.3, -0.25) is 4.79 Å². The van der Waals surface area contributed by atoms with E-state index in [4.69, 9.17) is 21.1 Å². The van der Waals surface area contributed by atoms with Crippen molar-refractivity contribution in [3.05, 3.63) is 76.7 Å². The molecule has 0 unspecified atom stereocenters. The second kappa shape index (κ2) is 7.74. The Morgan fingerprint density at radius 3 is 2.75 bits per heavy atom. The maximum Gasteiger partial charge on any atom is 0.253 e. The summed E-state index contributed by atoms with van der Waals surface area (Å²) in [7, 11) is 0. The summed E-state index contributed by atoms with van der Waals surface area (Å²) < 4.78 is 23.8. The molecule has 0 bridgehead atoms. The summed E-state index contributed by atoms with van der Waals surface area (Å²) in [6.07, 6.45) is 1.46. The van der Waals surface area contributed by atoms with E-state index in [1.165, 1.54) is 18.3 Å². The van der Waals surface area contributed by atoms with E-state index in [1.54, 1.807) is 18.2 Å². The van der Waals surface area contributed by atoms with Crippen molar-refractivity contribution in [2.24, 2.45) is 0 Å². The molecule has 0 spiro atoms. The molecule has 0 saturated heterocycles. The van der Waals surface area contributed by atoms with Gasteiger partial charge in [0.05, 0.1) is 10.6 Å². The fraction of sp³-hybridized carbons (Fsp3) is 0.100. The molecule has 3 aromatic rings. The highest BCUT2D eigenvalue weighted by Gasteiger charge is 2.14.